The minimum absolute atomic E-state index is 0.458. The van der Waals surface area contributed by atoms with Crippen molar-refractivity contribution in [2.75, 3.05) is 6.61 Å². The van der Waals surface area contributed by atoms with Gasteiger partial charge in [0.2, 0.25) is 0 Å². The fourth-order valence-corrected chi connectivity index (χ4v) is 3.68. The van der Waals surface area contributed by atoms with E-state index < -0.39 is 0 Å². The summed E-state index contributed by atoms with van der Waals surface area (Å²) in [6.07, 6.45) is 1.04. The summed E-state index contributed by atoms with van der Waals surface area (Å²) in [7, 11) is 0. The Bertz CT molecular complexity index is 685. The van der Waals surface area contributed by atoms with Crippen LogP contribution >= 0.6 is 36.6 Å². The summed E-state index contributed by atoms with van der Waals surface area (Å²) in [5, 5.41) is 2.05. The lowest BCUT2D eigenvalue weighted by Gasteiger charge is -2.16. The zero-order valence-corrected chi connectivity index (χ0v) is 17.3. The molecule has 0 aliphatic heterocycles. The van der Waals surface area contributed by atoms with Crippen molar-refractivity contribution < 1.29 is 4.74 Å². The van der Waals surface area contributed by atoms with Crippen LogP contribution in [0.25, 0.3) is 9.81 Å². The highest BCUT2D eigenvalue weighted by Crippen LogP contribution is 2.39. The lowest BCUT2D eigenvalue weighted by Crippen LogP contribution is -2.03. The Morgan fingerprint density at radius 1 is 1.08 bits per heavy atom. The molecule has 0 unspecified atom stereocenters. The average molecular weight is 379 g/mol. The van der Waals surface area contributed by atoms with Gasteiger partial charge in [0, 0.05) is 20.3 Å². The number of ether oxygens (including phenoxy) is 1. The molecule has 0 aliphatic rings. The number of benzene rings is 1. The van der Waals surface area contributed by atoms with Crippen LogP contribution in [0.15, 0.2) is 35.7 Å². The largest absolute Gasteiger partial charge is 0.493 e. The molecule has 1 nitrogen and oxygen atoms in total. The van der Waals surface area contributed by atoms with Crippen LogP contribution in [0, 0.1) is 5.92 Å². The normalized spacial score (nSPS) is 12.7. The molecule has 2 rings (SSSR count). The summed E-state index contributed by atoms with van der Waals surface area (Å²) in [5.74, 6) is 1.97. The van der Waals surface area contributed by atoms with Crippen molar-refractivity contribution in [1.82, 2.24) is 0 Å². The summed E-state index contributed by atoms with van der Waals surface area (Å²) in [6, 6.07) is 10.5. The molecule has 0 atom stereocenters. The predicted octanol–water partition coefficient (Wildman–Crippen LogP) is 6.98. The van der Waals surface area contributed by atoms with Gasteiger partial charge in [-0.05, 0) is 47.4 Å². The van der Waals surface area contributed by atoms with E-state index in [2.05, 4.69) is 57.3 Å². The van der Waals surface area contributed by atoms with Gasteiger partial charge in [-0.25, -0.2) is 0 Å². The highest BCUT2D eigenvalue weighted by molar-refractivity contribution is 7.96. The van der Waals surface area contributed by atoms with Gasteiger partial charge in [0.05, 0.1) is 6.61 Å². The highest BCUT2D eigenvalue weighted by Gasteiger charge is 2.14. The summed E-state index contributed by atoms with van der Waals surface area (Å²) in [6.45, 7) is 9.52. The van der Waals surface area contributed by atoms with Gasteiger partial charge in [-0.1, -0.05) is 39.8 Å². The Labute approximate surface area is 161 Å². The van der Waals surface area contributed by atoms with Crippen LogP contribution in [0.5, 0.6) is 5.75 Å². The molecule has 0 amide bonds. The van der Waals surface area contributed by atoms with E-state index in [9.17, 15) is 0 Å². The molecule has 0 saturated heterocycles. The quantitative estimate of drug-likeness (QED) is 0.494. The van der Waals surface area contributed by atoms with Gasteiger partial charge in [0.25, 0.3) is 0 Å². The second-order valence-corrected chi connectivity index (χ2v) is 8.46. The van der Waals surface area contributed by atoms with Crippen molar-refractivity contribution in [2.24, 2.45) is 5.92 Å². The third kappa shape index (κ3) is 5.08. The lowest BCUT2D eigenvalue weighted by atomic mass is 9.99. The SMILES string of the molecule is CC(C)CCOc1ccc(C(C)C)cc1C(S)=C(S)c1cccs1. The van der Waals surface area contributed by atoms with Gasteiger partial charge in [0.1, 0.15) is 5.75 Å². The van der Waals surface area contributed by atoms with Gasteiger partial charge in [-0.15, -0.1) is 36.6 Å². The summed E-state index contributed by atoms with van der Waals surface area (Å²) < 4.78 is 6.06. The van der Waals surface area contributed by atoms with Crippen LogP contribution in [-0.2, 0) is 0 Å². The van der Waals surface area contributed by atoms with Crippen LogP contribution < -0.4 is 4.74 Å². The van der Waals surface area contributed by atoms with E-state index >= 15 is 0 Å². The zero-order valence-electron chi connectivity index (χ0n) is 14.7. The number of rotatable bonds is 7. The molecule has 4 heteroatoms. The van der Waals surface area contributed by atoms with Crippen molar-refractivity contribution in [1.29, 1.82) is 0 Å². The van der Waals surface area contributed by atoms with Gasteiger partial charge >= 0.3 is 0 Å². The predicted molar refractivity (Wildman–Crippen MR) is 115 cm³/mol. The lowest BCUT2D eigenvalue weighted by molar-refractivity contribution is 0.289. The van der Waals surface area contributed by atoms with E-state index in [0.717, 1.165) is 32.4 Å². The third-order valence-corrected chi connectivity index (χ3v) is 6.00. The van der Waals surface area contributed by atoms with Crippen molar-refractivity contribution in [3.63, 3.8) is 0 Å². The van der Waals surface area contributed by atoms with E-state index in [1.54, 1.807) is 11.3 Å². The Kier molecular flexibility index (Phi) is 7.33. The van der Waals surface area contributed by atoms with Crippen molar-refractivity contribution in [2.45, 2.75) is 40.0 Å². The molecule has 0 spiro atoms. The van der Waals surface area contributed by atoms with Crippen LogP contribution in [0.3, 0.4) is 0 Å². The first-order chi connectivity index (χ1) is 11.4. The van der Waals surface area contributed by atoms with E-state index in [1.165, 1.54) is 5.56 Å². The first-order valence-electron chi connectivity index (χ1n) is 8.33. The van der Waals surface area contributed by atoms with Crippen LogP contribution in [-0.4, -0.2) is 6.61 Å². The Hall–Kier alpha value is -0.840. The maximum Gasteiger partial charge on any atom is 0.127 e. The number of hydrogen-bond acceptors (Lipinski definition) is 4. The summed E-state index contributed by atoms with van der Waals surface area (Å²) >= 11 is 11.2. The number of thiol groups is 2. The molecule has 2 aromatic rings. The maximum atomic E-state index is 6.06. The van der Waals surface area contributed by atoms with Gasteiger partial charge < -0.3 is 4.74 Å². The summed E-state index contributed by atoms with van der Waals surface area (Å²) in [5.41, 5.74) is 2.30. The van der Waals surface area contributed by atoms with Gasteiger partial charge in [0.15, 0.2) is 0 Å². The molecule has 0 N–H and O–H groups in total. The van der Waals surface area contributed by atoms with Crippen molar-refractivity contribution in [3.8, 4) is 5.75 Å². The Morgan fingerprint density at radius 2 is 1.83 bits per heavy atom. The van der Waals surface area contributed by atoms with Crippen molar-refractivity contribution >= 4 is 46.4 Å². The molecular weight excluding hydrogens is 352 g/mol. The molecule has 130 valence electrons. The van der Waals surface area contributed by atoms with Gasteiger partial charge in [-0.3, -0.25) is 0 Å². The van der Waals surface area contributed by atoms with E-state index in [-0.39, 0.29) is 0 Å². The van der Waals surface area contributed by atoms with Crippen LogP contribution in [0.1, 0.15) is 56.0 Å². The smallest absolute Gasteiger partial charge is 0.127 e. The van der Waals surface area contributed by atoms with E-state index in [0.29, 0.717) is 18.4 Å². The molecule has 24 heavy (non-hydrogen) atoms. The average Bonchev–Trinajstić information content (AvgIpc) is 3.07. The molecule has 0 bridgehead atoms. The van der Waals surface area contributed by atoms with Crippen molar-refractivity contribution in [3.05, 3.63) is 51.7 Å². The topological polar surface area (TPSA) is 9.23 Å². The minimum atomic E-state index is 0.458. The molecule has 0 radical (unpaired) electrons. The highest BCUT2D eigenvalue weighted by atomic mass is 32.1. The maximum absolute atomic E-state index is 6.06. The fourth-order valence-electron chi connectivity index (χ4n) is 2.28. The minimum Gasteiger partial charge on any atom is -0.493 e. The van der Waals surface area contributed by atoms with E-state index in [4.69, 9.17) is 30.0 Å². The molecule has 0 aliphatic carbocycles. The molecule has 1 heterocycles. The fraction of sp³-hybridized carbons (Fsp3) is 0.400. The number of thiophene rings is 1. The Balaban J connectivity index is 2.40. The standard InChI is InChI=1S/C20H26OS3/c1-13(2)9-10-21-17-8-7-15(14(3)4)12-16(17)19(22)20(23)18-6-5-11-24-18/h5-8,11-14,22-23H,9-10H2,1-4H3. The first-order valence-corrected chi connectivity index (χ1v) is 10.1. The van der Waals surface area contributed by atoms with Crippen LogP contribution in [0.4, 0.5) is 0 Å². The second kappa shape index (κ2) is 9.02. The zero-order chi connectivity index (χ0) is 17.7. The molecule has 0 fully saturated rings. The second-order valence-electron chi connectivity index (χ2n) is 6.62. The Morgan fingerprint density at radius 3 is 2.42 bits per heavy atom. The van der Waals surface area contributed by atoms with Crippen LogP contribution in [0.2, 0.25) is 0 Å². The third-order valence-electron chi connectivity index (χ3n) is 3.86. The molecule has 0 saturated carbocycles. The first kappa shape index (κ1) is 19.5. The van der Waals surface area contributed by atoms with E-state index in [1.807, 2.05) is 6.07 Å². The molecular formula is C20H26OS3. The summed E-state index contributed by atoms with van der Waals surface area (Å²) in [4.78, 5) is 2.87. The molecule has 1 aromatic carbocycles. The molecule has 1 aromatic heterocycles. The number of hydrogen-bond donors (Lipinski definition) is 2. The monoisotopic (exact) mass is 378 g/mol. The van der Waals surface area contributed by atoms with Gasteiger partial charge in [-0.2, -0.15) is 0 Å².